The van der Waals surface area contributed by atoms with Crippen molar-refractivity contribution in [3.8, 4) is 0 Å². The van der Waals surface area contributed by atoms with Gasteiger partial charge in [0.1, 0.15) is 5.78 Å². The van der Waals surface area contributed by atoms with Crippen molar-refractivity contribution in [2.75, 3.05) is 6.54 Å². The van der Waals surface area contributed by atoms with E-state index in [0.717, 1.165) is 38.6 Å². The van der Waals surface area contributed by atoms with Gasteiger partial charge in [0.2, 0.25) is 5.91 Å². The maximum atomic E-state index is 11.7. The average Bonchev–Trinajstić information content (AvgIpc) is 2.84. The van der Waals surface area contributed by atoms with Crippen LogP contribution in [-0.2, 0) is 9.59 Å². The van der Waals surface area contributed by atoms with Crippen molar-refractivity contribution in [2.24, 2.45) is 5.92 Å². The fraction of sp³-hybridized carbons (Fsp3) is 0.833. The number of carbonyl (C=O) groups excluding carboxylic acids is 2. The van der Waals surface area contributed by atoms with E-state index in [-0.39, 0.29) is 17.9 Å². The van der Waals surface area contributed by atoms with Gasteiger partial charge in [0, 0.05) is 31.3 Å². The maximum Gasteiger partial charge on any atom is 0.222 e. The molecule has 2 rings (SSSR count). The first-order valence-corrected chi connectivity index (χ1v) is 6.06. The summed E-state index contributed by atoms with van der Waals surface area (Å²) in [6, 6.07) is 0.229. The van der Waals surface area contributed by atoms with Crippen LogP contribution in [0, 0.1) is 5.92 Å². The standard InChI is InChI=1S/C12H19NO2/c1-2-12(15)13-8-4-6-10(13)9-5-3-7-11(9)14/h9-10H,2-8H2,1H3. The molecule has 15 heavy (non-hydrogen) atoms. The molecule has 2 unspecified atom stereocenters. The summed E-state index contributed by atoms with van der Waals surface area (Å²) >= 11 is 0. The largest absolute Gasteiger partial charge is 0.339 e. The molecule has 0 aromatic carbocycles. The SMILES string of the molecule is CCC(=O)N1CCCC1C1CCCC1=O. The van der Waals surface area contributed by atoms with Crippen molar-refractivity contribution in [1.29, 1.82) is 0 Å². The van der Waals surface area contributed by atoms with Gasteiger partial charge >= 0.3 is 0 Å². The number of amides is 1. The number of Topliss-reactive ketones (excluding diaryl/α,β-unsaturated/α-hetero) is 1. The zero-order chi connectivity index (χ0) is 10.8. The van der Waals surface area contributed by atoms with Crippen LogP contribution in [0.1, 0.15) is 45.4 Å². The van der Waals surface area contributed by atoms with Crippen LogP contribution >= 0.6 is 0 Å². The summed E-state index contributed by atoms with van der Waals surface area (Å²) < 4.78 is 0. The predicted molar refractivity (Wildman–Crippen MR) is 57.4 cm³/mol. The van der Waals surface area contributed by atoms with E-state index >= 15 is 0 Å². The number of nitrogens with zero attached hydrogens (tertiary/aromatic N) is 1. The van der Waals surface area contributed by atoms with Crippen LogP contribution < -0.4 is 0 Å². The Morgan fingerprint density at radius 3 is 2.80 bits per heavy atom. The van der Waals surface area contributed by atoms with Gasteiger partial charge in [-0.05, 0) is 25.7 Å². The van der Waals surface area contributed by atoms with E-state index in [0.29, 0.717) is 12.2 Å². The van der Waals surface area contributed by atoms with Crippen molar-refractivity contribution >= 4 is 11.7 Å². The molecule has 0 bridgehead atoms. The van der Waals surface area contributed by atoms with Gasteiger partial charge in [-0.2, -0.15) is 0 Å². The quantitative estimate of drug-likeness (QED) is 0.695. The second-order valence-electron chi connectivity index (χ2n) is 4.62. The minimum absolute atomic E-state index is 0.156. The monoisotopic (exact) mass is 209 g/mol. The Kier molecular flexibility index (Phi) is 3.08. The van der Waals surface area contributed by atoms with E-state index in [9.17, 15) is 9.59 Å². The Morgan fingerprint density at radius 2 is 2.20 bits per heavy atom. The fourth-order valence-corrected chi connectivity index (χ4v) is 2.97. The summed E-state index contributed by atoms with van der Waals surface area (Å²) in [6.45, 7) is 2.76. The molecule has 0 radical (unpaired) electrons. The lowest BCUT2D eigenvalue weighted by atomic mass is 9.95. The van der Waals surface area contributed by atoms with Crippen LogP contribution in [-0.4, -0.2) is 29.2 Å². The smallest absolute Gasteiger partial charge is 0.222 e. The Labute approximate surface area is 90.8 Å². The third-order valence-corrected chi connectivity index (χ3v) is 3.74. The van der Waals surface area contributed by atoms with Crippen molar-refractivity contribution in [3.05, 3.63) is 0 Å². The Bertz CT molecular complexity index is 275. The molecule has 1 aliphatic heterocycles. The number of hydrogen-bond acceptors (Lipinski definition) is 2. The first-order chi connectivity index (χ1) is 7.24. The van der Waals surface area contributed by atoms with Gasteiger partial charge in [-0.3, -0.25) is 9.59 Å². The molecule has 1 aliphatic carbocycles. The molecular weight excluding hydrogens is 190 g/mol. The fourth-order valence-electron chi connectivity index (χ4n) is 2.97. The van der Waals surface area contributed by atoms with Crippen LogP contribution in [0.25, 0.3) is 0 Å². The van der Waals surface area contributed by atoms with Gasteiger partial charge < -0.3 is 4.90 Å². The van der Waals surface area contributed by atoms with E-state index in [1.165, 1.54) is 0 Å². The van der Waals surface area contributed by atoms with Gasteiger partial charge in [0.15, 0.2) is 0 Å². The molecular formula is C12H19NO2. The van der Waals surface area contributed by atoms with Gasteiger partial charge in [-0.15, -0.1) is 0 Å². The maximum absolute atomic E-state index is 11.7. The molecule has 0 spiro atoms. The van der Waals surface area contributed by atoms with E-state index in [1.807, 2.05) is 11.8 Å². The molecule has 84 valence electrons. The van der Waals surface area contributed by atoms with Gasteiger partial charge in [0.05, 0.1) is 0 Å². The van der Waals surface area contributed by atoms with E-state index in [1.54, 1.807) is 0 Å². The highest BCUT2D eigenvalue weighted by atomic mass is 16.2. The normalized spacial score (nSPS) is 31.3. The summed E-state index contributed by atoms with van der Waals surface area (Å²) in [6.07, 6.45) is 5.42. The van der Waals surface area contributed by atoms with Crippen molar-refractivity contribution in [3.63, 3.8) is 0 Å². The second-order valence-corrected chi connectivity index (χ2v) is 4.62. The molecule has 1 heterocycles. The Morgan fingerprint density at radius 1 is 1.40 bits per heavy atom. The zero-order valence-electron chi connectivity index (χ0n) is 9.37. The highest BCUT2D eigenvalue weighted by molar-refractivity contribution is 5.85. The lowest BCUT2D eigenvalue weighted by Crippen LogP contribution is -2.41. The molecule has 3 heteroatoms. The molecule has 0 aromatic rings. The molecule has 3 nitrogen and oxygen atoms in total. The average molecular weight is 209 g/mol. The minimum atomic E-state index is 0.156. The van der Waals surface area contributed by atoms with Crippen LogP contribution in [0.4, 0.5) is 0 Å². The van der Waals surface area contributed by atoms with Gasteiger partial charge in [0.25, 0.3) is 0 Å². The number of hydrogen-bond donors (Lipinski definition) is 0. The molecule has 1 amide bonds. The minimum Gasteiger partial charge on any atom is -0.339 e. The first kappa shape index (κ1) is 10.7. The van der Waals surface area contributed by atoms with Crippen LogP contribution in [0.2, 0.25) is 0 Å². The van der Waals surface area contributed by atoms with Crippen LogP contribution in [0.3, 0.4) is 0 Å². The number of likely N-dealkylation sites (tertiary alicyclic amines) is 1. The summed E-state index contributed by atoms with van der Waals surface area (Å²) in [4.78, 5) is 25.3. The molecule has 2 aliphatic rings. The predicted octanol–water partition coefficient (Wildman–Crippen LogP) is 1.76. The molecule has 0 N–H and O–H groups in total. The summed E-state index contributed by atoms with van der Waals surface area (Å²) in [5, 5.41) is 0. The second kappa shape index (κ2) is 4.33. The van der Waals surface area contributed by atoms with Crippen molar-refractivity contribution in [2.45, 2.75) is 51.5 Å². The topological polar surface area (TPSA) is 37.4 Å². The van der Waals surface area contributed by atoms with E-state index in [2.05, 4.69) is 0 Å². The van der Waals surface area contributed by atoms with E-state index < -0.39 is 0 Å². The van der Waals surface area contributed by atoms with Crippen molar-refractivity contribution < 1.29 is 9.59 Å². The van der Waals surface area contributed by atoms with E-state index in [4.69, 9.17) is 0 Å². The summed E-state index contributed by atoms with van der Waals surface area (Å²) in [5.74, 6) is 0.760. The van der Waals surface area contributed by atoms with Crippen LogP contribution in [0.15, 0.2) is 0 Å². The Balaban J connectivity index is 2.07. The third kappa shape index (κ3) is 1.92. The number of carbonyl (C=O) groups is 2. The molecule has 2 atom stereocenters. The number of ketones is 1. The molecule has 1 saturated carbocycles. The van der Waals surface area contributed by atoms with Gasteiger partial charge in [-0.1, -0.05) is 6.92 Å². The molecule has 1 saturated heterocycles. The van der Waals surface area contributed by atoms with Crippen LogP contribution in [0.5, 0.6) is 0 Å². The lowest BCUT2D eigenvalue weighted by molar-refractivity contribution is -0.134. The highest BCUT2D eigenvalue weighted by Crippen LogP contribution is 2.33. The third-order valence-electron chi connectivity index (χ3n) is 3.74. The first-order valence-electron chi connectivity index (χ1n) is 6.06. The highest BCUT2D eigenvalue weighted by Gasteiger charge is 2.39. The van der Waals surface area contributed by atoms with Crippen molar-refractivity contribution in [1.82, 2.24) is 4.90 Å². The molecule has 0 aromatic heterocycles. The summed E-state index contributed by atoms with van der Waals surface area (Å²) in [5.41, 5.74) is 0. The lowest BCUT2D eigenvalue weighted by Gasteiger charge is -2.28. The molecule has 2 fully saturated rings. The Hall–Kier alpha value is -0.860. The summed E-state index contributed by atoms with van der Waals surface area (Å²) in [7, 11) is 0. The number of rotatable bonds is 2. The van der Waals surface area contributed by atoms with Gasteiger partial charge in [-0.25, -0.2) is 0 Å². The zero-order valence-corrected chi connectivity index (χ0v) is 9.37.